The third kappa shape index (κ3) is 9.84. The molecule has 2 aromatic rings. The van der Waals surface area contributed by atoms with Crippen molar-refractivity contribution >= 4 is 41.3 Å². The number of hydrogen-bond acceptors (Lipinski definition) is 4. The second-order valence-corrected chi connectivity index (χ2v) is 7.59. The first-order chi connectivity index (χ1) is 13.2. The summed E-state index contributed by atoms with van der Waals surface area (Å²) in [7, 11) is 0. The third-order valence-corrected chi connectivity index (χ3v) is 4.87. The number of guanidine groups is 1. The van der Waals surface area contributed by atoms with Crippen molar-refractivity contribution in [2.24, 2.45) is 4.99 Å². The monoisotopic (exact) mass is 516 g/mol. The molecule has 156 valence electrons. The van der Waals surface area contributed by atoms with Crippen LogP contribution in [0, 0.1) is 0 Å². The van der Waals surface area contributed by atoms with Crippen molar-refractivity contribution in [3.05, 3.63) is 52.0 Å². The lowest BCUT2D eigenvalue weighted by atomic mass is 10.2. The van der Waals surface area contributed by atoms with Gasteiger partial charge in [0.1, 0.15) is 5.01 Å². The molecule has 1 heterocycles. The van der Waals surface area contributed by atoms with Gasteiger partial charge in [-0.1, -0.05) is 44.2 Å². The molecule has 0 saturated heterocycles. The Balaban J connectivity index is 0.00000392. The molecule has 0 saturated carbocycles. The summed E-state index contributed by atoms with van der Waals surface area (Å²) < 4.78 is 5.73. The summed E-state index contributed by atoms with van der Waals surface area (Å²) >= 11 is 1.68. The lowest BCUT2D eigenvalue weighted by Crippen LogP contribution is -2.38. The van der Waals surface area contributed by atoms with Crippen LogP contribution in [0.4, 0.5) is 0 Å². The van der Waals surface area contributed by atoms with Crippen LogP contribution in [0.15, 0.2) is 40.7 Å². The first-order valence-corrected chi connectivity index (χ1v) is 10.6. The molecule has 0 aliphatic rings. The smallest absolute Gasteiger partial charge is 0.191 e. The van der Waals surface area contributed by atoms with E-state index in [0.717, 1.165) is 55.8 Å². The summed E-state index contributed by atoms with van der Waals surface area (Å²) in [5.41, 5.74) is 2.47. The lowest BCUT2D eigenvalue weighted by molar-refractivity contribution is 0.135. The Kier molecular flexibility index (Phi) is 13.1. The molecule has 0 aliphatic carbocycles. The van der Waals surface area contributed by atoms with Gasteiger partial charge in [0.25, 0.3) is 0 Å². The Hall–Kier alpha value is -1.19. The molecule has 0 spiro atoms. The molecule has 0 aliphatic heterocycles. The molecule has 0 fully saturated rings. The predicted molar refractivity (Wildman–Crippen MR) is 130 cm³/mol. The number of benzene rings is 1. The van der Waals surface area contributed by atoms with Crippen LogP contribution in [0.1, 0.15) is 49.4 Å². The molecule has 0 unspecified atom stereocenters. The highest BCUT2D eigenvalue weighted by atomic mass is 127. The highest BCUT2D eigenvalue weighted by Crippen LogP contribution is 2.18. The van der Waals surface area contributed by atoms with Crippen LogP contribution in [-0.2, 0) is 17.7 Å². The van der Waals surface area contributed by atoms with Crippen LogP contribution in [0.5, 0.6) is 0 Å². The second kappa shape index (κ2) is 14.8. The Labute approximate surface area is 190 Å². The van der Waals surface area contributed by atoms with Crippen molar-refractivity contribution < 1.29 is 4.74 Å². The summed E-state index contributed by atoms with van der Waals surface area (Å²) in [6.07, 6.45) is 1.92. The van der Waals surface area contributed by atoms with E-state index in [9.17, 15) is 0 Å². The number of nitrogens with zero attached hydrogens (tertiary/aromatic N) is 2. The topological polar surface area (TPSA) is 58.5 Å². The zero-order valence-electron chi connectivity index (χ0n) is 17.1. The number of hydrogen-bond donors (Lipinski definition) is 2. The van der Waals surface area contributed by atoms with Gasteiger partial charge in [0.05, 0.1) is 18.8 Å². The van der Waals surface area contributed by atoms with E-state index in [1.807, 2.05) is 6.07 Å². The van der Waals surface area contributed by atoms with Crippen LogP contribution < -0.4 is 10.6 Å². The van der Waals surface area contributed by atoms with E-state index in [2.05, 4.69) is 71.0 Å². The largest absolute Gasteiger partial charge is 0.381 e. The van der Waals surface area contributed by atoms with Gasteiger partial charge in [-0.15, -0.1) is 35.3 Å². The van der Waals surface area contributed by atoms with Crippen LogP contribution in [0.3, 0.4) is 0 Å². The lowest BCUT2D eigenvalue weighted by Gasteiger charge is -2.11. The zero-order valence-corrected chi connectivity index (χ0v) is 20.3. The van der Waals surface area contributed by atoms with E-state index >= 15 is 0 Å². The van der Waals surface area contributed by atoms with Crippen LogP contribution in [0.2, 0.25) is 0 Å². The number of halogens is 1. The number of rotatable bonds is 11. The van der Waals surface area contributed by atoms with Gasteiger partial charge in [-0.3, -0.25) is 0 Å². The van der Waals surface area contributed by atoms with Crippen molar-refractivity contribution in [1.82, 2.24) is 15.6 Å². The number of aliphatic imine (C=N–C) groups is 1. The molecule has 1 aromatic carbocycles. The van der Waals surface area contributed by atoms with Gasteiger partial charge in [0.15, 0.2) is 5.96 Å². The summed E-state index contributed by atoms with van der Waals surface area (Å²) in [4.78, 5) is 9.26. The summed E-state index contributed by atoms with van der Waals surface area (Å²) in [6, 6.07) is 10.4. The molecular weight excluding hydrogens is 483 g/mol. The molecule has 28 heavy (non-hydrogen) atoms. The van der Waals surface area contributed by atoms with Crippen LogP contribution >= 0.6 is 35.3 Å². The molecule has 5 nitrogen and oxygen atoms in total. The van der Waals surface area contributed by atoms with E-state index in [1.165, 1.54) is 5.56 Å². The molecule has 0 bridgehead atoms. The number of thiazole rings is 1. The van der Waals surface area contributed by atoms with Crippen LogP contribution in [-0.4, -0.2) is 37.2 Å². The highest BCUT2D eigenvalue weighted by Gasteiger charge is 2.05. The minimum atomic E-state index is 0. The van der Waals surface area contributed by atoms with Crippen molar-refractivity contribution in [3.63, 3.8) is 0 Å². The predicted octanol–water partition coefficient (Wildman–Crippen LogP) is 4.59. The van der Waals surface area contributed by atoms with Crippen molar-refractivity contribution in [1.29, 1.82) is 0 Å². The number of ether oxygens (including phenoxy) is 1. The van der Waals surface area contributed by atoms with Gasteiger partial charge in [0, 0.05) is 25.1 Å². The fraction of sp³-hybridized carbons (Fsp3) is 0.524. The maximum absolute atomic E-state index is 5.73. The van der Waals surface area contributed by atoms with Crippen molar-refractivity contribution in [2.45, 2.75) is 46.1 Å². The average molecular weight is 516 g/mol. The summed E-state index contributed by atoms with van der Waals surface area (Å²) in [6.45, 7) is 10.2. The van der Waals surface area contributed by atoms with E-state index in [1.54, 1.807) is 11.3 Å². The minimum Gasteiger partial charge on any atom is -0.381 e. The SMILES string of the molecule is CCNC(=NCc1nc(C(C)C)cs1)NCCCOCCc1ccccc1.I. The molecule has 2 rings (SSSR count). The molecular formula is C21H33IN4OS. The van der Waals surface area contributed by atoms with Gasteiger partial charge in [-0.05, 0) is 31.2 Å². The first kappa shape index (κ1) is 24.8. The van der Waals surface area contributed by atoms with E-state index in [0.29, 0.717) is 12.5 Å². The molecule has 2 N–H and O–H groups in total. The maximum Gasteiger partial charge on any atom is 0.191 e. The highest BCUT2D eigenvalue weighted by molar-refractivity contribution is 14.0. The Morgan fingerprint density at radius 1 is 1.18 bits per heavy atom. The summed E-state index contributed by atoms with van der Waals surface area (Å²) in [5, 5.41) is 9.83. The molecule has 0 radical (unpaired) electrons. The standard InChI is InChI=1S/C21H32N4OS.HI/c1-4-22-21(24-15-20-25-19(16-27-20)17(2)3)23-12-8-13-26-14-11-18-9-6-5-7-10-18;/h5-7,9-10,16-17H,4,8,11-15H2,1-3H3,(H2,22,23,24);1H. The fourth-order valence-corrected chi connectivity index (χ4v) is 3.35. The first-order valence-electron chi connectivity index (χ1n) is 9.77. The number of nitrogens with one attached hydrogen (secondary N) is 2. The molecule has 1 aromatic heterocycles. The van der Waals surface area contributed by atoms with E-state index in [4.69, 9.17) is 4.74 Å². The van der Waals surface area contributed by atoms with Crippen molar-refractivity contribution in [2.75, 3.05) is 26.3 Å². The quantitative estimate of drug-likeness (QED) is 0.199. The Morgan fingerprint density at radius 3 is 2.64 bits per heavy atom. The van der Waals surface area contributed by atoms with Gasteiger partial charge in [-0.2, -0.15) is 0 Å². The van der Waals surface area contributed by atoms with E-state index < -0.39 is 0 Å². The average Bonchev–Trinajstić information content (AvgIpc) is 3.15. The number of aromatic nitrogens is 1. The van der Waals surface area contributed by atoms with Crippen molar-refractivity contribution in [3.8, 4) is 0 Å². The third-order valence-electron chi connectivity index (χ3n) is 4.01. The van der Waals surface area contributed by atoms with Gasteiger partial charge in [-0.25, -0.2) is 9.98 Å². The molecule has 0 amide bonds. The Bertz CT molecular complexity index is 676. The van der Waals surface area contributed by atoms with Gasteiger partial charge >= 0.3 is 0 Å². The minimum absolute atomic E-state index is 0. The van der Waals surface area contributed by atoms with Gasteiger partial charge < -0.3 is 15.4 Å². The molecule has 0 atom stereocenters. The second-order valence-electron chi connectivity index (χ2n) is 6.64. The fourth-order valence-electron chi connectivity index (χ4n) is 2.47. The summed E-state index contributed by atoms with van der Waals surface area (Å²) in [5.74, 6) is 1.30. The molecule has 7 heteroatoms. The van der Waals surface area contributed by atoms with E-state index in [-0.39, 0.29) is 24.0 Å². The van der Waals surface area contributed by atoms with Crippen LogP contribution in [0.25, 0.3) is 0 Å². The normalized spacial score (nSPS) is 11.4. The van der Waals surface area contributed by atoms with Gasteiger partial charge in [0.2, 0.25) is 0 Å². The maximum atomic E-state index is 5.73. The zero-order chi connectivity index (χ0) is 19.3. The Morgan fingerprint density at radius 2 is 1.96 bits per heavy atom.